The highest BCUT2D eigenvalue weighted by Crippen LogP contribution is 2.44. The van der Waals surface area contributed by atoms with Gasteiger partial charge >= 0.3 is 5.97 Å². The molecule has 0 bridgehead atoms. The zero-order valence-corrected chi connectivity index (χ0v) is 15.8. The predicted molar refractivity (Wildman–Crippen MR) is 93.3 cm³/mol. The van der Waals surface area contributed by atoms with Crippen molar-refractivity contribution >= 4 is 11.8 Å². The number of nitrogens with zero attached hydrogens (tertiary/aromatic N) is 1. The van der Waals surface area contributed by atoms with Gasteiger partial charge in [0.1, 0.15) is 6.10 Å². The minimum Gasteiger partial charge on any atom is -0.462 e. The van der Waals surface area contributed by atoms with Crippen molar-refractivity contribution in [2.45, 2.75) is 67.4 Å². The van der Waals surface area contributed by atoms with Crippen molar-refractivity contribution in [2.75, 3.05) is 6.61 Å². The number of hydrogen-bond donors (Lipinski definition) is 1. The third-order valence-corrected chi connectivity index (χ3v) is 4.03. The molecule has 0 saturated carbocycles. The number of aliphatic hydroxyl groups excluding tert-OH is 1. The summed E-state index contributed by atoms with van der Waals surface area (Å²) in [6.45, 7) is 13.3. The van der Waals surface area contributed by atoms with Gasteiger partial charge in [0.25, 0.3) is 0 Å². The van der Waals surface area contributed by atoms with Crippen molar-refractivity contribution in [1.29, 1.82) is 0 Å². The van der Waals surface area contributed by atoms with E-state index in [0.29, 0.717) is 28.1 Å². The molecule has 24 heavy (non-hydrogen) atoms. The molecule has 1 aromatic rings. The zero-order chi connectivity index (χ0) is 18.7. The van der Waals surface area contributed by atoms with Gasteiger partial charge in [-0.15, -0.1) is 0 Å². The summed E-state index contributed by atoms with van der Waals surface area (Å²) in [5, 5.41) is 10.5. The average Bonchev–Trinajstić information content (AvgIpc) is 2.44. The van der Waals surface area contributed by atoms with Gasteiger partial charge in [-0.1, -0.05) is 34.1 Å². The molecule has 5 nitrogen and oxygen atoms in total. The minimum absolute atomic E-state index is 0.0872. The van der Waals surface area contributed by atoms with Crippen LogP contribution < -0.4 is 0 Å². The largest absolute Gasteiger partial charge is 0.462 e. The van der Waals surface area contributed by atoms with Crippen LogP contribution in [-0.2, 0) is 4.74 Å². The van der Waals surface area contributed by atoms with E-state index < -0.39 is 17.5 Å². The molecule has 0 radical (unpaired) electrons. The summed E-state index contributed by atoms with van der Waals surface area (Å²) >= 11 is 0. The Balaban J connectivity index is 0.000000891. The second kappa shape index (κ2) is 7.88. The normalized spacial score (nSPS) is 18.3. The van der Waals surface area contributed by atoms with Crippen molar-refractivity contribution in [2.24, 2.45) is 5.41 Å². The Morgan fingerprint density at radius 1 is 1.29 bits per heavy atom. The van der Waals surface area contributed by atoms with Crippen LogP contribution in [-0.4, -0.2) is 28.4 Å². The van der Waals surface area contributed by atoms with E-state index in [2.05, 4.69) is 18.8 Å². The average molecular weight is 335 g/mol. The van der Waals surface area contributed by atoms with Gasteiger partial charge in [-0.2, -0.15) is 0 Å². The molecule has 0 spiro atoms. The first-order chi connectivity index (χ1) is 11.1. The number of aromatic nitrogens is 1. The van der Waals surface area contributed by atoms with Crippen LogP contribution >= 0.6 is 0 Å². The van der Waals surface area contributed by atoms with Crippen LogP contribution in [0.4, 0.5) is 0 Å². The third-order valence-electron chi connectivity index (χ3n) is 4.03. The minimum atomic E-state index is -0.821. The highest BCUT2D eigenvalue weighted by molar-refractivity contribution is 6.03. The maximum Gasteiger partial charge on any atom is 0.340 e. The number of rotatable bonds is 2. The summed E-state index contributed by atoms with van der Waals surface area (Å²) in [5.74, 6) is -0.564. The van der Waals surface area contributed by atoms with Crippen LogP contribution in [0.3, 0.4) is 0 Å². The van der Waals surface area contributed by atoms with Gasteiger partial charge < -0.3 is 9.84 Å². The lowest BCUT2D eigenvalue weighted by atomic mass is 9.72. The number of carbonyl (C=O) groups is 2. The lowest BCUT2D eigenvalue weighted by molar-refractivity contribution is 0.0284. The first-order valence-electron chi connectivity index (χ1n) is 8.51. The number of aryl methyl sites for hydroxylation is 1. The van der Waals surface area contributed by atoms with Crippen LogP contribution in [0.1, 0.15) is 91.2 Å². The summed E-state index contributed by atoms with van der Waals surface area (Å²) < 4.78 is 5.03. The van der Waals surface area contributed by atoms with Crippen molar-refractivity contribution in [3.8, 4) is 0 Å². The number of ketones is 1. The number of ether oxygens (including phenoxy) is 1. The Kier molecular flexibility index (Phi) is 6.67. The number of hydrogen-bond acceptors (Lipinski definition) is 5. The first kappa shape index (κ1) is 20.3. The van der Waals surface area contributed by atoms with Crippen molar-refractivity contribution in [3.63, 3.8) is 0 Å². The summed E-state index contributed by atoms with van der Waals surface area (Å²) in [5.41, 5.74) is 1.55. The second-order valence-electron chi connectivity index (χ2n) is 6.88. The summed E-state index contributed by atoms with van der Waals surface area (Å²) in [6, 6.07) is 0. The highest BCUT2D eigenvalue weighted by atomic mass is 16.5. The van der Waals surface area contributed by atoms with Crippen LogP contribution in [0.15, 0.2) is 0 Å². The lowest BCUT2D eigenvalue weighted by Gasteiger charge is -2.36. The molecule has 0 aliphatic heterocycles. The van der Waals surface area contributed by atoms with Crippen LogP contribution in [0.25, 0.3) is 0 Å². The maximum absolute atomic E-state index is 12.4. The predicted octanol–water partition coefficient (Wildman–Crippen LogP) is 3.94. The Hall–Kier alpha value is -1.75. The Morgan fingerprint density at radius 3 is 2.33 bits per heavy atom. The molecular formula is C19H29NO4. The van der Waals surface area contributed by atoms with E-state index >= 15 is 0 Å². The number of aliphatic hydroxyl groups is 1. The maximum atomic E-state index is 12.4. The standard InChI is InChI=1S/C16H21NO4.C3H8/c1-6-21-15(20)11-8(2)12-10(18)7-16(4,5)14(19)13(12)17-9(11)3;1-3-2/h14,19H,6-7H2,1-5H3;3H2,1-2H3. The molecule has 5 heteroatoms. The summed E-state index contributed by atoms with van der Waals surface area (Å²) in [4.78, 5) is 28.8. The SMILES string of the molecule is CCC.CCOC(=O)c1c(C)nc2c(c1C)C(=O)CC(C)(C)C2O. The van der Waals surface area contributed by atoms with Crippen LogP contribution in [0.5, 0.6) is 0 Å². The third kappa shape index (κ3) is 3.83. The molecule has 134 valence electrons. The quantitative estimate of drug-likeness (QED) is 0.829. The number of carbonyl (C=O) groups excluding carboxylic acids is 2. The van der Waals surface area contributed by atoms with E-state index in [4.69, 9.17) is 4.74 Å². The van der Waals surface area contributed by atoms with Crippen molar-refractivity contribution < 1.29 is 19.4 Å². The topological polar surface area (TPSA) is 76.5 Å². The zero-order valence-electron chi connectivity index (χ0n) is 15.8. The van der Waals surface area contributed by atoms with Gasteiger partial charge in [-0.05, 0) is 26.3 Å². The van der Waals surface area contributed by atoms with Gasteiger partial charge in [-0.25, -0.2) is 4.79 Å². The number of pyridine rings is 1. The fourth-order valence-corrected chi connectivity index (χ4v) is 2.90. The van der Waals surface area contributed by atoms with Crippen molar-refractivity contribution in [1.82, 2.24) is 4.98 Å². The molecule has 1 N–H and O–H groups in total. The van der Waals surface area contributed by atoms with E-state index in [1.807, 2.05) is 13.8 Å². The molecule has 1 atom stereocenters. The monoisotopic (exact) mass is 335 g/mol. The number of esters is 1. The van der Waals surface area contributed by atoms with E-state index in [0.717, 1.165) is 0 Å². The molecule has 1 aliphatic carbocycles. The van der Waals surface area contributed by atoms with Crippen LogP contribution in [0, 0.1) is 19.3 Å². The lowest BCUT2D eigenvalue weighted by Crippen LogP contribution is -2.34. The van der Waals surface area contributed by atoms with E-state index in [9.17, 15) is 14.7 Å². The summed E-state index contributed by atoms with van der Waals surface area (Å²) in [6.07, 6.45) is 0.661. The van der Waals surface area contributed by atoms with Gasteiger partial charge in [0.15, 0.2) is 5.78 Å². The van der Waals surface area contributed by atoms with Gasteiger partial charge in [0.2, 0.25) is 0 Å². The molecule has 0 fully saturated rings. The van der Waals surface area contributed by atoms with E-state index in [1.165, 1.54) is 6.42 Å². The molecule has 2 rings (SSSR count). The molecule has 0 amide bonds. The fraction of sp³-hybridized carbons (Fsp3) is 0.632. The van der Waals surface area contributed by atoms with Gasteiger partial charge in [-0.3, -0.25) is 9.78 Å². The van der Waals surface area contributed by atoms with Gasteiger partial charge in [0.05, 0.1) is 23.6 Å². The van der Waals surface area contributed by atoms with E-state index in [1.54, 1.807) is 20.8 Å². The molecule has 0 saturated heterocycles. The molecule has 1 unspecified atom stereocenters. The summed E-state index contributed by atoms with van der Waals surface area (Å²) in [7, 11) is 0. The van der Waals surface area contributed by atoms with Gasteiger partial charge in [0, 0.05) is 17.4 Å². The number of fused-ring (bicyclic) bond motifs is 1. The van der Waals surface area contributed by atoms with Crippen LogP contribution in [0.2, 0.25) is 0 Å². The molecule has 1 aromatic heterocycles. The molecule has 1 aliphatic rings. The van der Waals surface area contributed by atoms with Crippen molar-refractivity contribution in [3.05, 3.63) is 28.1 Å². The van der Waals surface area contributed by atoms with E-state index in [-0.39, 0.29) is 18.8 Å². The molecule has 0 aromatic carbocycles. The highest BCUT2D eigenvalue weighted by Gasteiger charge is 2.42. The molecule has 1 heterocycles. The second-order valence-corrected chi connectivity index (χ2v) is 6.88. The Morgan fingerprint density at radius 2 is 1.83 bits per heavy atom. The molecular weight excluding hydrogens is 306 g/mol. The smallest absolute Gasteiger partial charge is 0.340 e. The fourth-order valence-electron chi connectivity index (χ4n) is 2.90. The Labute approximate surface area is 144 Å². The number of Topliss-reactive ketones (excluding diaryl/α,β-unsaturated/α-hetero) is 1. The Bertz CT molecular complexity index is 635. The first-order valence-corrected chi connectivity index (χ1v) is 8.51.